The van der Waals surface area contributed by atoms with Gasteiger partial charge in [0.25, 0.3) is 0 Å². The molecular formula is C15H17Cl2N3OS3. The molecule has 0 aliphatic rings. The van der Waals surface area contributed by atoms with Gasteiger partial charge < -0.3 is 0 Å². The smallest absolute Gasteiger partial charge is 0.236 e. The average molecular weight is 422 g/mol. The fourth-order valence-electron chi connectivity index (χ4n) is 1.56. The van der Waals surface area contributed by atoms with Gasteiger partial charge in [-0.1, -0.05) is 73.1 Å². The molecule has 0 aliphatic carbocycles. The van der Waals surface area contributed by atoms with Crippen LogP contribution in [-0.4, -0.2) is 26.6 Å². The molecule has 0 radical (unpaired) electrons. The summed E-state index contributed by atoms with van der Waals surface area (Å²) in [6.45, 7) is 6.22. The van der Waals surface area contributed by atoms with Crippen molar-refractivity contribution in [3.8, 4) is 0 Å². The highest BCUT2D eigenvalue weighted by Crippen LogP contribution is 2.33. The Kier molecular flexibility index (Phi) is 7.24. The fourth-order valence-corrected chi connectivity index (χ4v) is 4.71. The van der Waals surface area contributed by atoms with E-state index in [2.05, 4.69) is 36.3 Å². The van der Waals surface area contributed by atoms with E-state index in [0.717, 1.165) is 9.90 Å². The van der Waals surface area contributed by atoms with Crippen LogP contribution in [0, 0.1) is 0 Å². The van der Waals surface area contributed by atoms with E-state index in [9.17, 15) is 4.79 Å². The van der Waals surface area contributed by atoms with Gasteiger partial charge in [0.15, 0.2) is 4.34 Å². The fraction of sp³-hybridized carbons (Fsp3) is 0.400. The predicted molar refractivity (Wildman–Crippen MR) is 107 cm³/mol. The van der Waals surface area contributed by atoms with Gasteiger partial charge in [-0.2, -0.15) is 0 Å². The van der Waals surface area contributed by atoms with Crippen molar-refractivity contribution in [2.24, 2.45) is 0 Å². The molecule has 9 heteroatoms. The number of carbonyl (C=O) groups excluding carboxylic acids is 1. The van der Waals surface area contributed by atoms with E-state index in [1.54, 1.807) is 11.8 Å². The Morgan fingerprint density at radius 3 is 2.54 bits per heavy atom. The van der Waals surface area contributed by atoms with Crippen LogP contribution in [0.1, 0.15) is 26.3 Å². The van der Waals surface area contributed by atoms with Gasteiger partial charge in [0.05, 0.1) is 5.75 Å². The third-order valence-electron chi connectivity index (χ3n) is 2.69. The van der Waals surface area contributed by atoms with Crippen LogP contribution in [-0.2, 0) is 10.5 Å². The lowest BCUT2D eigenvalue weighted by molar-refractivity contribution is -0.113. The van der Waals surface area contributed by atoms with Gasteiger partial charge in [0.1, 0.15) is 0 Å². The Bertz CT molecular complexity index is 696. The van der Waals surface area contributed by atoms with E-state index in [0.29, 0.717) is 26.7 Å². The average Bonchev–Trinajstić information content (AvgIpc) is 2.91. The maximum absolute atomic E-state index is 11.9. The molecule has 0 saturated heterocycles. The minimum Gasteiger partial charge on any atom is -0.300 e. The first kappa shape index (κ1) is 19.8. The van der Waals surface area contributed by atoms with E-state index in [-0.39, 0.29) is 10.7 Å². The van der Waals surface area contributed by atoms with Crippen molar-refractivity contribution in [1.82, 2.24) is 10.2 Å². The monoisotopic (exact) mass is 421 g/mol. The van der Waals surface area contributed by atoms with Crippen LogP contribution < -0.4 is 5.32 Å². The first-order valence-corrected chi connectivity index (χ1v) is 10.6. The van der Waals surface area contributed by atoms with Gasteiger partial charge in [-0.3, -0.25) is 10.1 Å². The number of nitrogens with one attached hydrogen (secondary N) is 1. The molecule has 1 N–H and O–H groups in total. The van der Waals surface area contributed by atoms with Crippen molar-refractivity contribution in [3.63, 3.8) is 0 Å². The molecule has 24 heavy (non-hydrogen) atoms. The van der Waals surface area contributed by atoms with E-state index in [1.165, 1.54) is 23.1 Å². The zero-order valence-electron chi connectivity index (χ0n) is 13.4. The predicted octanol–water partition coefficient (Wildman–Crippen LogP) is 5.61. The van der Waals surface area contributed by atoms with Gasteiger partial charge >= 0.3 is 0 Å². The number of carbonyl (C=O) groups is 1. The lowest BCUT2D eigenvalue weighted by atomic mass is 10.2. The molecule has 130 valence electrons. The Labute approximate surface area is 164 Å². The van der Waals surface area contributed by atoms with Gasteiger partial charge in [0, 0.05) is 20.5 Å². The minimum atomic E-state index is -0.0724. The second-order valence-electron chi connectivity index (χ2n) is 5.81. The van der Waals surface area contributed by atoms with Crippen molar-refractivity contribution in [2.75, 3.05) is 11.1 Å². The zero-order valence-corrected chi connectivity index (χ0v) is 17.4. The number of rotatable bonds is 6. The van der Waals surface area contributed by atoms with Crippen LogP contribution in [0.5, 0.6) is 0 Å². The topological polar surface area (TPSA) is 54.9 Å². The number of anilines is 1. The van der Waals surface area contributed by atoms with E-state index < -0.39 is 0 Å². The Hall–Kier alpha value is -0.470. The molecule has 0 bridgehead atoms. The molecule has 0 unspecified atom stereocenters. The molecular weight excluding hydrogens is 405 g/mol. The van der Waals surface area contributed by atoms with Crippen LogP contribution in [0.3, 0.4) is 0 Å². The first-order chi connectivity index (χ1) is 11.2. The van der Waals surface area contributed by atoms with Crippen molar-refractivity contribution in [1.29, 1.82) is 0 Å². The summed E-state index contributed by atoms with van der Waals surface area (Å²) in [4.78, 5) is 11.9. The van der Waals surface area contributed by atoms with Crippen molar-refractivity contribution >= 4 is 69.1 Å². The molecule has 1 aromatic carbocycles. The lowest BCUT2D eigenvalue weighted by Gasteiger charge is -2.16. The Morgan fingerprint density at radius 2 is 1.92 bits per heavy atom. The van der Waals surface area contributed by atoms with Crippen LogP contribution >= 0.6 is 58.1 Å². The molecule has 0 atom stereocenters. The van der Waals surface area contributed by atoms with Crippen LogP contribution in [0.15, 0.2) is 22.5 Å². The second kappa shape index (κ2) is 8.76. The van der Waals surface area contributed by atoms with Gasteiger partial charge in [0.2, 0.25) is 11.0 Å². The van der Waals surface area contributed by atoms with Crippen molar-refractivity contribution in [3.05, 3.63) is 33.8 Å². The normalized spacial score (nSPS) is 11.5. The van der Waals surface area contributed by atoms with Gasteiger partial charge in [-0.25, -0.2) is 0 Å². The summed E-state index contributed by atoms with van der Waals surface area (Å²) < 4.78 is 0.804. The number of benzene rings is 1. The summed E-state index contributed by atoms with van der Waals surface area (Å²) in [5, 5.41) is 12.6. The summed E-state index contributed by atoms with van der Waals surface area (Å²) in [6.07, 6.45) is 0. The summed E-state index contributed by atoms with van der Waals surface area (Å²) in [5.74, 6) is 0.915. The first-order valence-electron chi connectivity index (χ1n) is 7.07. The zero-order chi connectivity index (χ0) is 17.7. The lowest BCUT2D eigenvalue weighted by Crippen LogP contribution is -2.18. The van der Waals surface area contributed by atoms with Crippen LogP contribution in [0.25, 0.3) is 0 Å². The van der Waals surface area contributed by atoms with E-state index in [1.807, 2.05) is 18.2 Å². The molecule has 4 nitrogen and oxygen atoms in total. The summed E-state index contributed by atoms with van der Waals surface area (Å²) in [5.41, 5.74) is 0.869. The van der Waals surface area contributed by atoms with Gasteiger partial charge in [-0.15, -0.1) is 22.0 Å². The van der Waals surface area contributed by atoms with Crippen molar-refractivity contribution < 1.29 is 4.79 Å². The number of amides is 1. The standard InChI is InChI=1S/C15H17Cl2N3OS3/c1-15(2,3)23-8-12(21)18-13-19-20-14(24-13)22-7-9-10(16)5-4-6-11(9)17/h4-6H,7-8H2,1-3H3,(H,18,19,21). The summed E-state index contributed by atoms with van der Waals surface area (Å²) in [6, 6.07) is 5.43. The van der Waals surface area contributed by atoms with E-state index in [4.69, 9.17) is 23.2 Å². The molecule has 0 saturated carbocycles. The number of hydrogen-bond acceptors (Lipinski definition) is 6. The summed E-state index contributed by atoms with van der Waals surface area (Å²) >= 11 is 16.7. The Morgan fingerprint density at radius 1 is 1.25 bits per heavy atom. The second-order valence-corrected chi connectivity index (χ2v) is 10.6. The van der Waals surface area contributed by atoms with E-state index >= 15 is 0 Å². The molecule has 2 rings (SSSR count). The quantitative estimate of drug-likeness (QED) is 0.485. The molecule has 0 spiro atoms. The molecule has 0 aliphatic heterocycles. The number of aromatic nitrogens is 2. The highest BCUT2D eigenvalue weighted by Gasteiger charge is 2.15. The van der Waals surface area contributed by atoms with Crippen LogP contribution in [0.2, 0.25) is 10.0 Å². The third-order valence-corrected chi connectivity index (χ3v) is 6.67. The highest BCUT2D eigenvalue weighted by atomic mass is 35.5. The molecule has 1 heterocycles. The summed E-state index contributed by atoms with van der Waals surface area (Å²) in [7, 11) is 0. The molecule has 0 fully saturated rings. The molecule has 2 aromatic rings. The largest absolute Gasteiger partial charge is 0.300 e. The number of halogens is 2. The van der Waals surface area contributed by atoms with Gasteiger partial charge in [-0.05, 0) is 17.7 Å². The van der Waals surface area contributed by atoms with Crippen molar-refractivity contribution in [2.45, 2.75) is 35.6 Å². The Balaban J connectivity index is 1.88. The minimum absolute atomic E-state index is 0.0493. The molecule has 1 aromatic heterocycles. The number of nitrogens with zero attached hydrogens (tertiary/aromatic N) is 2. The van der Waals surface area contributed by atoms with Crippen LogP contribution in [0.4, 0.5) is 5.13 Å². The molecule has 1 amide bonds. The maximum atomic E-state index is 11.9. The number of thioether (sulfide) groups is 2. The maximum Gasteiger partial charge on any atom is 0.236 e. The third kappa shape index (κ3) is 6.44. The number of hydrogen-bond donors (Lipinski definition) is 1. The SMILES string of the molecule is CC(C)(C)SCC(=O)Nc1nnc(SCc2c(Cl)cccc2Cl)s1. The highest BCUT2D eigenvalue weighted by molar-refractivity contribution is 8.01.